The van der Waals surface area contributed by atoms with Crippen molar-refractivity contribution in [2.24, 2.45) is 0 Å². The zero-order valence-corrected chi connectivity index (χ0v) is 16.7. The van der Waals surface area contributed by atoms with E-state index in [1.807, 2.05) is 41.5 Å². The highest BCUT2D eigenvalue weighted by Gasteiger charge is 2.00. The fourth-order valence-electron chi connectivity index (χ4n) is 1.90. The van der Waals surface area contributed by atoms with Gasteiger partial charge in [0.05, 0.1) is 0 Å². The monoisotopic (exact) mass is 315 g/mol. The summed E-state index contributed by atoms with van der Waals surface area (Å²) in [5, 5.41) is 3.49. The Morgan fingerprint density at radius 3 is 1.91 bits per heavy atom. The Labute approximate surface area is 145 Å². The van der Waals surface area contributed by atoms with Crippen LogP contribution >= 0.6 is 0 Å². The Bertz CT molecular complexity index is 515. The number of benzene rings is 2. The Hall–Kier alpha value is -1.76. The molecule has 0 aromatic heterocycles. The number of hydrogen-bond acceptors (Lipinski definition) is 1. The minimum atomic E-state index is 1.07. The molecule has 0 amide bonds. The molecule has 2 aromatic carbocycles. The van der Waals surface area contributed by atoms with Gasteiger partial charge in [-0.3, -0.25) is 0 Å². The van der Waals surface area contributed by atoms with Gasteiger partial charge in [-0.05, 0) is 55.2 Å². The van der Waals surface area contributed by atoms with E-state index in [-0.39, 0.29) is 0 Å². The summed E-state index contributed by atoms with van der Waals surface area (Å²) in [6.07, 6.45) is 1.07. The fraction of sp³-hybridized carbons (Fsp3) is 0.455. The topological polar surface area (TPSA) is 12.0 Å². The third kappa shape index (κ3) is 9.07. The second kappa shape index (κ2) is 15.1. The van der Waals surface area contributed by atoms with Gasteiger partial charge < -0.3 is 5.32 Å². The van der Waals surface area contributed by atoms with Crippen LogP contribution in [0.3, 0.4) is 0 Å². The molecular formula is C22H37N. The van der Waals surface area contributed by atoms with Crippen LogP contribution in [0.4, 0.5) is 11.4 Å². The summed E-state index contributed by atoms with van der Waals surface area (Å²) >= 11 is 0. The molecular weight excluding hydrogens is 278 g/mol. The lowest BCUT2D eigenvalue weighted by Gasteiger charge is -2.11. The summed E-state index contributed by atoms with van der Waals surface area (Å²) in [4.78, 5) is 0. The van der Waals surface area contributed by atoms with Crippen LogP contribution in [0.1, 0.15) is 65.2 Å². The second-order valence-electron chi connectivity index (χ2n) is 4.50. The van der Waals surface area contributed by atoms with Crippen molar-refractivity contribution in [3.05, 3.63) is 59.2 Å². The Kier molecular flexibility index (Phi) is 15.5. The Balaban J connectivity index is 0. The van der Waals surface area contributed by atoms with E-state index >= 15 is 0 Å². The van der Waals surface area contributed by atoms with E-state index < -0.39 is 0 Å². The zero-order valence-electron chi connectivity index (χ0n) is 16.7. The van der Waals surface area contributed by atoms with E-state index in [1.165, 1.54) is 22.4 Å². The first kappa shape index (κ1) is 23.5. The summed E-state index contributed by atoms with van der Waals surface area (Å²) in [6, 6.07) is 15.1. The van der Waals surface area contributed by atoms with Crippen molar-refractivity contribution in [2.45, 2.75) is 68.7 Å². The number of anilines is 2. The molecule has 0 atom stereocenters. The normalized spacial score (nSPS) is 8.39. The maximum atomic E-state index is 3.49. The lowest BCUT2D eigenvalue weighted by molar-refractivity contribution is 1.14. The van der Waals surface area contributed by atoms with Gasteiger partial charge in [0.15, 0.2) is 0 Å². The molecule has 1 N–H and O–H groups in total. The van der Waals surface area contributed by atoms with E-state index in [1.54, 1.807) is 0 Å². The number of nitrogens with one attached hydrogen (secondary N) is 1. The lowest BCUT2D eigenvalue weighted by atomic mass is 10.1. The van der Waals surface area contributed by atoms with Gasteiger partial charge >= 0.3 is 0 Å². The van der Waals surface area contributed by atoms with Gasteiger partial charge in [0.2, 0.25) is 0 Å². The maximum absolute atomic E-state index is 3.49. The number of rotatable bonds is 3. The van der Waals surface area contributed by atoms with Gasteiger partial charge in [-0.15, -0.1) is 0 Å². The molecule has 0 radical (unpaired) electrons. The molecule has 1 nitrogen and oxygen atoms in total. The van der Waals surface area contributed by atoms with Crippen molar-refractivity contribution < 1.29 is 0 Å². The first-order valence-corrected chi connectivity index (χ1v) is 9.12. The fourth-order valence-corrected chi connectivity index (χ4v) is 1.90. The second-order valence-corrected chi connectivity index (χ2v) is 4.50. The highest BCUT2D eigenvalue weighted by Crippen LogP contribution is 2.22. The Morgan fingerprint density at radius 2 is 1.39 bits per heavy atom. The molecule has 0 aliphatic carbocycles. The Morgan fingerprint density at radius 1 is 0.783 bits per heavy atom. The van der Waals surface area contributed by atoms with E-state index in [9.17, 15) is 0 Å². The molecule has 0 aliphatic rings. The van der Waals surface area contributed by atoms with Crippen LogP contribution in [-0.2, 0) is 6.42 Å². The van der Waals surface area contributed by atoms with Crippen LogP contribution < -0.4 is 5.32 Å². The maximum Gasteiger partial charge on any atom is 0.0416 e. The zero-order chi connectivity index (χ0) is 18.3. The minimum Gasteiger partial charge on any atom is -0.355 e. The van der Waals surface area contributed by atoms with Gasteiger partial charge in [0.25, 0.3) is 0 Å². The van der Waals surface area contributed by atoms with Gasteiger partial charge in [-0.1, -0.05) is 72.7 Å². The molecule has 0 aliphatic heterocycles. The SMILES string of the molecule is CC.CC.CC.CCc1ccc(C)c(Nc2cccc(C)c2)c1. The molecule has 0 bridgehead atoms. The highest BCUT2D eigenvalue weighted by molar-refractivity contribution is 5.64. The van der Waals surface area contributed by atoms with E-state index in [0.29, 0.717) is 0 Å². The van der Waals surface area contributed by atoms with Gasteiger partial charge in [-0.25, -0.2) is 0 Å². The van der Waals surface area contributed by atoms with Crippen LogP contribution in [0.15, 0.2) is 42.5 Å². The first-order valence-electron chi connectivity index (χ1n) is 9.12. The average Bonchev–Trinajstić information content (AvgIpc) is 2.62. The van der Waals surface area contributed by atoms with E-state index in [4.69, 9.17) is 0 Å². The van der Waals surface area contributed by atoms with Crippen molar-refractivity contribution in [1.82, 2.24) is 0 Å². The molecule has 0 heterocycles. The molecule has 0 saturated heterocycles. The van der Waals surface area contributed by atoms with Crippen LogP contribution in [0, 0.1) is 13.8 Å². The predicted molar refractivity (Wildman–Crippen MR) is 109 cm³/mol. The largest absolute Gasteiger partial charge is 0.355 e. The van der Waals surface area contributed by atoms with Crippen molar-refractivity contribution in [3.63, 3.8) is 0 Å². The van der Waals surface area contributed by atoms with Crippen LogP contribution in [-0.4, -0.2) is 0 Å². The standard InChI is InChI=1S/C16H19N.3C2H6/c1-4-14-9-8-13(3)16(11-14)17-15-7-5-6-12(2)10-15;3*1-2/h5-11,17H,4H2,1-3H3;3*1-2H3. The van der Waals surface area contributed by atoms with Crippen molar-refractivity contribution in [3.8, 4) is 0 Å². The van der Waals surface area contributed by atoms with Gasteiger partial charge in [-0.2, -0.15) is 0 Å². The quantitative estimate of drug-likeness (QED) is 0.612. The summed E-state index contributed by atoms with van der Waals surface area (Å²) in [5.41, 5.74) is 6.28. The summed E-state index contributed by atoms with van der Waals surface area (Å²) in [5.74, 6) is 0. The smallest absolute Gasteiger partial charge is 0.0416 e. The number of aryl methyl sites for hydroxylation is 3. The predicted octanol–water partition coefficient (Wildman–Crippen LogP) is 7.69. The molecule has 0 fully saturated rings. The van der Waals surface area contributed by atoms with Gasteiger partial charge in [0, 0.05) is 11.4 Å². The minimum absolute atomic E-state index is 1.07. The van der Waals surface area contributed by atoms with E-state index in [2.05, 4.69) is 68.6 Å². The third-order valence-electron chi connectivity index (χ3n) is 3.01. The van der Waals surface area contributed by atoms with Crippen molar-refractivity contribution in [1.29, 1.82) is 0 Å². The molecule has 0 unspecified atom stereocenters. The van der Waals surface area contributed by atoms with Gasteiger partial charge in [0.1, 0.15) is 0 Å². The average molecular weight is 316 g/mol. The van der Waals surface area contributed by atoms with Crippen LogP contribution in [0.5, 0.6) is 0 Å². The molecule has 0 saturated carbocycles. The van der Waals surface area contributed by atoms with E-state index in [0.717, 1.165) is 12.1 Å². The summed E-state index contributed by atoms with van der Waals surface area (Å²) in [6.45, 7) is 18.4. The lowest BCUT2D eigenvalue weighted by Crippen LogP contribution is -1.94. The van der Waals surface area contributed by atoms with Crippen LogP contribution in [0.25, 0.3) is 0 Å². The number of hydrogen-bond donors (Lipinski definition) is 1. The summed E-state index contributed by atoms with van der Waals surface area (Å²) < 4.78 is 0. The molecule has 23 heavy (non-hydrogen) atoms. The van der Waals surface area contributed by atoms with Crippen molar-refractivity contribution >= 4 is 11.4 Å². The summed E-state index contributed by atoms with van der Waals surface area (Å²) in [7, 11) is 0. The first-order chi connectivity index (χ1) is 11.2. The van der Waals surface area contributed by atoms with Crippen LogP contribution in [0.2, 0.25) is 0 Å². The molecule has 2 aromatic rings. The molecule has 1 heteroatoms. The van der Waals surface area contributed by atoms with Crippen molar-refractivity contribution in [2.75, 3.05) is 5.32 Å². The highest BCUT2D eigenvalue weighted by atomic mass is 14.9. The molecule has 0 spiro atoms. The molecule has 2 rings (SSSR count). The third-order valence-corrected chi connectivity index (χ3v) is 3.01. The molecule has 130 valence electrons.